The van der Waals surface area contributed by atoms with Crippen LogP contribution in [0.25, 0.3) is 0 Å². The van der Waals surface area contributed by atoms with Gasteiger partial charge in [-0.1, -0.05) is 30.3 Å². The predicted molar refractivity (Wildman–Crippen MR) is 115 cm³/mol. The molecule has 0 radical (unpaired) electrons. The Morgan fingerprint density at radius 3 is 2.17 bits per heavy atom. The van der Waals surface area contributed by atoms with Crippen molar-refractivity contribution >= 4 is 23.2 Å². The summed E-state index contributed by atoms with van der Waals surface area (Å²) in [6.45, 7) is -0.260. The maximum absolute atomic E-state index is 12.6. The molecule has 3 aromatic rings. The fourth-order valence-electron chi connectivity index (χ4n) is 2.75. The molecule has 0 saturated heterocycles. The summed E-state index contributed by atoms with van der Waals surface area (Å²) in [5, 5.41) is 5.53. The standard InChI is InChI=1S/C23H22N2O5/c1-28-20-13-12-17(14-21(20)29-2)24-22(26)15-30-19-11-7-6-10-18(19)23(27)25-16-8-4-3-5-9-16/h3-14H,15H2,1-2H3,(H,24,26)(H,25,27). The summed E-state index contributed by atoms with van der Waals surface area (Å²) in [6.07, 6.45) is 0. The molecule has 3 aromatic carbocycles. The molecule has 154 valence electrons. The van der Waals surface area contributed by atoms with Crippen LogP contribution < -0.4 is 24.8 Å². The van der Waals surface area contributed by atoms with Gasteiger partial charge >= 0.3 is 0 Å². The van der Waals surface area contributed by atoms with Crippen molar-refractivity contribution < 1.29 is 23.8 Å². The lowest BCUT2D eigenvalue weighted by atomic mass is 10.2. The lowest BCUT2D eigenvalue weighted by Crippen LogP contribution is -2.21. The second-order valence-electron chi connectivity index (χ2n) is 6.22. The van der Waals surface area contributed by atoms with E-state index in [-0.39, 0.29) is 18.4 Å². The number of carbonyl (C=O) groups excluding carboxylic acids is 2. The summed E-state index contributed by atoms with van der Waals surface area (Å²) in [5.74, 6) is 0.676. The van der Waals surface area contributed by atoms with E-state index in [1.54, 1.807) is 54.6 Å². The molecule has 0 saturated carbocycles. The molecule has 0 aromatic heterocycles. The Hall–Kier alpha value is -4.00. The van der Waals surface area contributed by atoms with Crippen molar-refractivity contribution in [3.8, 4) is 17.2 Å². The molecule has 7 heteroatoms. The quantitative estimate of drug-likeness (QED) is 0.591. The highest BCUT2D eigenvalue weighted by atomic mass is 16.5. The zero-order valence-electron chi connectivity index (χ0n) is 16.7. The first-order valence-corrected chi connectivity index (χ1v) is 9.21. The SMILES string of the molecule is COc1ccc(NC(=O)COc2ccccc2C(=O)Nc2ccccc2)cc1OC. The number of hydrogen-bond acceptors (Lipinski definition) is 5. The van der Waals surface area contributed by atoms with Crippen LogP contribution >= 0.6 is 0 Å². The van der Waals surface area contributed by atoms with Gasteiger partial charge in [-0.2, -0.15) is 0 Å². The van der Waals surface area contributed by atoms with E-state index in [0.717, 1.165) is 0 Å². The highest BCUT2D eigenvalue weighted by Gasteiger charge is 2.14. The van der Waals surface area contributed by atoms with Crippen molar-refractivity contribution in [1.82, 2.24) is 0 Å². The molecule has 0 unspecified atom stereocenters. The van der Waals surface area contributed by atoms with Crippen LogP contribution in [0.2, 0.25) is 0 Å². The van der Waals surface area contributed by atoms with Gasteiger partial charge < -0.3 is 24.8 Å². The molecule has 2 N–H and O–H groups in total. The lowest BCUT2D eigenvalue weighted by Gasteiger charge is -2.13. The molecule has 0 bridgehead atoms. The second-order valence-corrected chi connectivity index (χ2v) is 6.22. The third-order valence-electron chi connectivity index (χ3n) is 4.19. The Morgan fingerprint density at radius 1 is 0.733 bits per heavy atom. The Labute approximate surface area is 174 Å². The first-order chi connectivity index (χ1) is 14.6. The molecule has 0 heterocycles. The zero-order chi connectivity index (χ0) is 21.3. The van der Waals surface area contributed by atoms with Crippen molar-refractivity contribution in [3.63, 3.8) is 0 Å². The van der Waals surface area contributed by atoms with Crippen molar-refractivity contribution in [2.24, 2.45) is 0 Å². The van der Waals surface area contributed by atoms with Crippen molar-refractivity contribution in [3.05, 3.63) is 78.4 Å². The number of ether oxygens (including phenoxy) is 3. The van der Waals surface area contributed by atoms with Gasteiger partial charge in [0.15, 0.2) is 18.1 Å². The number of para-hydroxylation sites is 2. The average Bonchev–Trinajstić information content (AvgIpc) is 2.78. The monoisotopic (exact) mass is 406 g/mol. The Morgan fingerprint density at radius 2 is 1.43 bits per heavy atom. The summed E-state index contributed by atoms with van der Waals surface area (Å²) in [7, 11) is 3.05. The number of carbonyl (C=O) groups is 2. The van der Waals surface area contributed by atoms with Crippen LogP contribution in [0.5, 0.6) is 17.2 Å². The van der Waals surface area contributed by atoms with E-state index >= 15 is 0 Å². The fourth-order valence-corrected chi connectivity index (χ4v) is 2.75. The third kappa shape index (κ3) is 5.29. The van der Waals surface area contributed by atoms with Crippen LogP contribution in [0, 0.1) is 0 Å². The van der Waals surface area contributed by atoms with E-state index in [1.165, 1.54) is 14.2 Å². The van der Waals surface area contributed by atoms with Crippen LogP contribution in [0.15, 0.2) is 72.8 Å². The highest BCUT2D eigenvalue weighted by molar-refractivity contribution is 6.06. The average molecular weight is 406 g/mol. The first kappa shape index (κ1) is 20.7. The van der Waals surface area contributed by atoms with Crippen molar-refractivity contribution in [2.45, 2.75) is 0 Å². The molecular formula is C23H22N2O5. The third-order valence-corrected chi connectivity index (χ3v) is 4.19. The van der Waals surface area contributed by atoms with E-state index in [9.17, 15) is 9.59 Å². The molecule has 0 aliphatic rings. The van der Waals surface area contributed by atoms with Gasteiger partial charge in [0.25, 0.3) is 11.8 Å². The minimum Gasteiger partial charge on any atom is -0.493 e. The largest absolute Gasteiger partial charge is 0.493 e. The number of anilines is 2. The number of nitrogens with one attached hydrogen (secondary N) is 2. The van der Waals surface area contributed by atoms with Gasteiger partial charge in [-0.25, -0.2) is 0 Å². The van der Waals surface area contributed by atoms with Gasteiger partial charge in [-0.3, -0.25) is 9.59 Å². The summed E-state index contributed by atoms with van der Waals surface area (Å²) in [5.41, 5.74) is 1.54. The Balaban J connectivity index is 1.63. The molecule has 0 aliphatic heterocycles. The van der Waals surface area contributed by atoms with Gasteiger partial charge in [0.05, 0.1) is 19.8 Å². The molecule has 7 nitrogen and oxygen atoms in total. The molecule has 2 amide bonds. The van der Waals surface area contributed by atoms with Gasteiger partial charge in [0, 0.05) is 17.4 Å². The number of hydrogen-bond donors (Lipinski definition) is 2. The van der Waals surface area contributed by atoms with E-state index in [1.807, 2.05) is 18.2 Å². The Bertz CT molecular complexity index is 1020. The van der Waals surface area contributed by atoms with Gasteiger partial charge in [-0.15, -0.1) is 0 Å². The summed E-state index contributed by atoms with van der Waals surface area (Å²) < 4.78 is 16.0. The predicted octanol–water partition coefficient (Wildman–Crippen LogP) is 3.97. The van der Waals surface area contributed by atoms with Crippen LogP contribution in [0.4, 0.5) is 11.4 Å². The molecule has 0 spiro atoms. The highest BCUT2D eigenvalue weighted by Crippen LogP contribution is 2.29. The molecule has 30 heavy (non-hydrogen) atoms. The topological polar surface area (TPSA) is 85.9 Å². The minimum atomic E-state index is -0.375. The van der Waals surface area contributed by atoms with E-state index in [4.69, 9.17) is 14.2 Å². The normalized spacial score (nSPS) is 10.1. The van der Waals surface area contributed by atoms with E-state index < -0.39 is 0 Å². The number of benzene rings is 3. The lowest BCUT2D eigenvalue weighted by molar-refractivity contribution is -0.118. The van der Waals surface area contributed by atoms with Crippen molar-refractivity contribution in [2.75, 3.05) is 31.5 Å². The van der Waals surface area contributed by atoms with E-state index in [0.29, 0.717) is 34.2 Å². The molecule has 0 atom stereocenters. The van der Waals surface area contributed by atoms with Crippen LogP contribution in [0.1, 0.15) is 10.4 Å². The van der Waals surface area contributed by atoms with Gasteiger partial charge in [-0.05, 0) is 36.4 Å². The smallest absolute Gasteiger partial charge is 0.262 e. The number of amides is 2. The summed E-state index contributed by atoms with van der Waals surface area (Å²) >= 11 is 0. The molecule has 0 aliphatic carbocycles. The molecular weight excluding hydrogens is 384 g/mol. The Kier molecular flexibility index (Phi) is 6.89. The summed E-state index contributed by atoms with van der Waals surface area (Å²) in [6, 6.07) is 20.9. The summed E-state index contributed by atoms with van der Waals surface area (Å²) in [4.78, 5) is 24.9. The fraction of sp³-hybridized carbons (Fsp3) is 0.130. The van der Waals surface area contributed by atoms with E-state index in [2.05, 4.69) is 10.6 Å². The molecule has 3 rings (SSSR count). The van der Waals surface area contributed by atoms with Gasteiger partial charge in [0.1, 0.15) is 5.75 Å². The number of rotatable bonds is 8. The van der Waals surface area contributed by atoms with Crippen molar-refractivity contribution in [1.29, 1.82) is 0 Å². The van der Waals surface area contributed by atoms with Crippen LogP contribution in [-0.2, 0) is 4.79 Å². The second kappa shape index (κ2) is 9.97. The number of methoxy groups -OCH3 is 2. The minimum absolute atomic E-state index is 0.260. The molecule has 0 fully saturated rings. The maximum atomic E-state index is 12.6. The van der Waals surface area contributed by atoms with Crippen LogP contribution in [0.3, 0.4) is 0 Å². The maximum Gasteiger partial charge on any atom is 0.262 e. The zero-order valence-corrected chi connectivity index (χ0v) is 16.7. The van der Waals surface area contributed by atoms with Crippen LogP contribution in [-0.4, -0.2) is 32.6 Å². The first-order valence-electron chi connectivity index (χ1n) is 9.21. The van der Waals surface area contributed by atoms with Gasteiger partial charge in [0.2, 0.25) is 0 Å².